The minimum Gasteiger partial charge on any atom is -0.390 e. The van der Waals surface area contributed by atoms with E-state index in [1.165, 1.54) is 4.57 Å². The zero-order valence-electron chi connectivity index (χ0n) is 24.7. The van der Waals surface area contributed by atoms with Gasteiger partial charge >= 0.3 is 23.8 Å². The smallest absolute Gasteiger partial charge is 0.362 e. The third-order valence-electron chi connectivity index (χ3n) is 8.47. The third-order valence-corrected chi connectivity index (χ3v) is 8.47. The van der Waals surface area contributed by atoms with Crippen LogP contribution < -0.4 is 4.90 Å². The van der Waals surface area contributed by atoms with E-state index in [9.17, 15) is 46.0 Å². The minimum atomic E-state index is -4.20. The molecule has 0 saturated carbocycles. The van der Waals surface area contributed by atoms with Gasteiger partial charge in [-0.2, -0.15) is 9.97 Å². The number of para-hydroxylation sites is 2. The van der Waals surface area contributed by atoms with Gasteiger partial charge in [-0.05, 0) is 57.8 Å². The predicted molar refractivity (Wildman–Crippen MR) is 152 cm³/mol. The Morgan fingerprint density at radius 1 is 0.911 bits per heavy atom. The first-order valence-electron chi connectivity index (χ1n) is 14.3. The Morgan fingerprint density at radius 3 is 2.13 bits per heavy atom. The fraction of sp³-hybridized carbons (Fsp3) is 0.556. The topological polar surface area (TPSA) is 270 Å². The molecule has 0 atom stereocenters. The number of aromatic nitrogens is 6. The van der Waals surface area contributed by atoms with Crippen molar-refractivity contribution in [2.45, 2.75) is 75.9 Å². The summed E-state index contributed by atoms with van der Waals surface area (Å²) in [6.45, 7) is 6.86. The molecule has 2 aliphatic heterocycles. The van der Waals surface area contributed by atoms with Crippen molar-refractivity contribution in [3.63, 3.8) is 0 Å². The van der Waals surface area contributed by atoms with Crippen LogP contribution in [0.3, 0.4) is 0 Å². The molecule has 18 heteroatoms. The first kappa shape index (κ1) is 31.6. The number of rotatable bonds is 6. The van der Waals surface area contributed by atoms with Crippen molar-refractivity contribution >= 4 is 28.0 Å². The summed E-state index contributed by atoms with van der Waals surface area (Å²) < 4.78 is 5.57. The first-order valence-corrected chi connectivity index (χ1v) is 14.3. The summed E-state index contributed by atoms with van der Waals surface area (Å²) in [6, 6.07) is 6.98. The molecule has 0 spiro atoms. The van der Waals surface area contributed by atoms with Gasteiger partial charge in [0.05, 0.1) is 23.2 Å². The van der Waals surface area contributed by atoms with E-state index in [0.717, 1.165) is 12.8 Å². The van der Waals surface area contributed by atoms with Gasteiger partial charge < -0.3 is 50.9 Å². The number of aliphatic hydroxyl groups is 9. The van der Waals surface area contributed by atoms with Gasteiger partial charge in [-0.15, -0.1) is 0 Å². The molecular weight excluding hydrogens is 596 g/mol. The van der Waals surface area contributed by atoms with Crippen LogP contribution in [-0.2, 0) is 17.7 Å². The SMILES string of the molecule is CCc1nc2ccccc2n1-c1nc(N2C(O)(O)C(O)(O)OC(O)(O)C2(O)O)c2[nH]c(CN3CCC(C(C)(C)O)CC3)nc2n1. The van der Waals surface area contributed by atoms with E-state index in [2.05, 4.69) is 34.6 Å². The van der Waals surface area contributed by atoms with Gasteiger partial charge in [0.2, 0.25) is 5.95 Å². The fourth-order valence-electron chi connectivity index (χ4n) is 5.94. The van der Waals surface area contributed by atoms with Crippen LogP contribution in [0.4, 0.5) is 5.82 Å². The predicted octanol–water partition coefficient (Wildman–Crippen LogP) is -2.37. The second-order valence-electron chi connectivity index (χ2n) is 12.1. The van der Waals surface area contributed by atoms with Crippen LogP contribution in [0.15, 0.2) is 24.3 Å². The zero-order chi connectivity index (χ0) is 32.7. The number of imidazole rings is 2. The highest BCUT2D eigenvalue weighted by Crippen LogP contribution is 2.45. The van der Waals surface area contributed by atoms with Crippen LogP contribution in [0.5, 0.6) is 0 Å². The Labute approximate surface area is 255 Å². The number of benzene rings is 1. The summed E-state index contributed by atoms with van der Waals surface area (Å²) in [4.78, 5) is 22.6. The van der Waals surface area contributed by atoms with E-state index in [1.54, 1.807) is 38.1 Å². The number of H-pyrrole nitrogens is 1. The van der Waals surface area contributed by atoms with Crippen LogP contribution in [0.2, 0.25) is 0 Å². The highest BCUT2D eigenvalue weighted by Gasteiger charge is 2.75. The molecule has 2 aliphatic rings. The first-order chi connectivity index (χ1) is 20.9. The van der Waals surface area contributed by atoms with E-state index in [-0.39, 0.29) is 34.5 Å². The lowest BCUT2D eigenvalue weighted by Gasteiger charge is -2.55. The van der Waals surface area contributed by atoms with E-state index < -0.39 is 35.2 Å². The average Bonchev–Trinajstić information content (AvgIpc) is 3.52. The second-order valence-corrected chi connectivity index (χ2v) is 12.1. The lowest BCUT2D eigenvalue weighted by molar-refractivity contribution is -0.606. The highest BCUT2D eigenvalue weighted by atomic mass is 16.9. The molecule has 3 aromatic heterocycles. The number of piperidine rings is 1. The number of hydrogen-bond donors (Lipinski definition) is 10. The lowest BCUT2D eigenvalue weighted by atomic mass is 9.83. The van der Waals surface area contributed by atoms with Gasteiger partial charge in [-0.1, -0.05) is 19.1 Å². The molecule has 0 bridgehead atoms. The van der Waals surface area contributed by atoms with Crippen molar-refractivity contribution in [2.24, 2.45) is 5.92 Å². The number of aromatic amines is 1. The van der Waals surface area contributed by atoms with E-state index in [1.807, 2.05) is 6.92 Å². The summed E-state index contributed by atoms with van der Waals surface area (Å²) in [5.41, 5.74) is -0.115. The maximum Gasteiger partial charge on any atom is 0.362 e. The fourth-order valence-corrected chi connectivity index (χ4v) is 5.94. The molecule has 0 amide bonds. The summed E-state index contributed by atoms with van der Waals surface area (Å²) in [5, 5.41) is 95.0. The highest BCUT2D eigenvalue weighted by molar-refractivity contribution is 5.86. The standard InChI is InChI=1S/C27H36N8O10/c1-4-18-28-15-7-5-6-8-16(15)34(18)22-31-20-19(29-17(30-20)13-33-11-9-14(10-12-33)23(2,3)36)21(32-22)35-24(37,38)26(41,42)45-27(43,44)25(35,39)40/h5-8,14,36-44H,4,9-13H2,1-3H3,(H,29,30,31,32). The molecule has 45 heavy (non-hydrogen) atoms. The molecule has 10 N–H and O–H groups in total. The molecule has 0 aliphatic carbocycles. The number of aryl methyl sites for hydroxylation is 1. The van der Waals surface area contributed by atoms with E-state index >= 15 is 0 Å². The molecule has 244 valence electrons. The number of nitrogens with zero attached hydrogens (tertiary/aromatic N) is 7. The van der Waals surface area contributed by atoms with Crippen LogP contribution in [-0.4, -0.2) is 123 Å². The number of anilines is 1. The van der Waals surface area contributed by atoms with E-state index in [0.29, 0.717) is 42.2 Å². The molecule has 18 nitrogen and oxygen atoms in total. The number of nitrogens with one attached hydrogen (secondary N) is 1. The average molecular weight is 633 g/mol. The normalized spacial score (nSPS) is 22.0. The molecule has 2 fully saturated rings. The van der Waals surface area contributed by atoms with Crippen LogP contribution >= 0.6 is 0 Å². The number of fused-ring (bicyclic) bond motifs is 2. The Kier molecular flexibility index (Phi) is 7.23. The van der Waals surface area contributed by atoms with Crippen molar-refractivity contribution in [3.05, 3.63) is 35.9 Å². The van der Waals surface area contributed by atoms with Crippen LogP contribution in [0.25, 0.3) is 28.1 Å². The number of likely N-dealkylation sites (tertiary alicyclic amines) is 1. The maximum atomic E-state index is 10.9. The zero-order valence-corrected chi connectivity index (χ0v) is 24.7. The molecule has 4 aromatic rings. The van der Waals surface area contributed by atoms with Gasteiger partial charge in [0.15, 0.2) is 11.5 Å². The van der Waals surface area contributed by atoms with Gasteiger partial charge in [0, 0.05) is 6.42 Å². The van der Waals surface area contributed by atoms with Crippen molar-refractivity contribution in [1.29, 1.82) is 0 Å². The number of hydrogen-bond acceptors (Lipinski definition) is 16. The van der Waals surface area contributed by atoms with Gasteiger partial charge in [0.25, 0.3) is 0 Å². The summed E-state index contributed by atoms with van der Waals surface area (Å²) >= 11 is 0. The lowest BCUT2D eigenvalue weighted by Crippen LogP contribution is -2.84. The minimum absolute atomic E-state index is 0.0995. The summed E-state index contributed by atoms with van der Waals surface area (Å²) in [7, 11) is 0. The van der Waals surface area contributed by atoms with Crippen molar-refractivity contribution in [3.8, 4) is 5.95 Å². The largest absolute Gasteiger partial charge is 0.390 e. The van der Waals surface area contributed by atoms with Crippen molar-refractivity contribution < 1.29 is 50.7 Å². The van der Waals surface area contributed by atoms with E-state index in [4.69, 9.17) is 0 Å². The van der Waals surface area contributed by atoms with Crippen LogP contribution in [0.1, 0.15) is 45.3 Å². The maximum absolute atomic E-state index is 10.9. The van der Waals surface area contributed by atoms with Gasteiger partial charge in [0.1, 0.15) is 17.2 Å². The molecule has 0 radical (unpaired) electrons. The quantitative estimate of drug-likeness (QED) is 0.0995. The van der Waals surface area contributed by atoms with Crippen molar-refractivity contribution in [1.82, 2.24) is 34.4 Å². The summed E-state index contributed by atoms with van der Waals surface area (Å²) in [6.07, 6.45) is 1.83. The second kappa shape index (κ2) is 10.3. The number of ether oxygens (including phenoxy) is 1. The monoisotopic (exact) mass is 632 g/mol. The molecule has 6 rings (SSSR count). The molecule has 1 aromatic carbocycles. The van der Waals surface area contributed by atoms with Crippen LogP contribution in [0, 0.1) is 5.92 Å². The Hall–Kier alpha value is -3.40. The molecule has 2 saturated heterocycles. The van der Waals surface area contributed by atoms with Crippen molar-refractivity contribution in [2.75, 3.05) is 18.0 Å². The molecule has 5 heterocycles. The van der Waals surface area contributed by atoms with Gasteiger partial charge in [-0.25, -0.2) is 14.9 Å². The molecular formula is C27H36N8O10. The molecule has 0 unspecified atom stereocenters. The Morgan fingerprint density at radius 2 is 1.53 bits per heavy atom. The Bertz CT molecular complexity index is 1710. The Balaban J connectivity index is 1.53. The summed E-state index contributed by atoms with van der Waals surface area (Å²) in [5.74, 6) is -16.9. The third kappa shape index (κ3) is 5.04. The number of morpholine rings is 1. The van der Waals surface area contributed by atoms with Gasteiger partial charge in [-0.3, -0.25) is 14.2 Å².